The van der Waals surface area contributed by atoms with E-state index < -0.39 is 0 Å². The van der Waals surface area contributed by atoms with Crippen LogP contribution in [0.25, 0.3) is 21.8 Å². The topological polar surface area (TPSA) is 104 Å². The molecule has 0 atom stereocenters. The van der Waals surface area contributed by atoms with Crippen LogP contribution in [0.2, 0.25) is 0 Å². The normalized spacial score (nSPS) is 14.2. The molecule has 1 saturated heterocycles. The number of benzene rings is 1. The SMILES string of the molecule is CC(C)NC(=O)c1csc(-c2c(-c3ccc(F)cc3)n[nH]c2C2CCN(C(=O)c3ccccn3)CC2)n1. The summed E-state index contributed by atoms with van der Waals surface area (Å²) in [5.41, 5.74) is 3.93. The number of piperidine rings is 1. The lowest BCUT2D eigenvalue weighted by molar-refractivity contribution is 0.0706. The molecule has 2 N–H and O–H groups in total. The van der Waals surface area contributed by atoms with Gasteiger partial charge in [-0.15, -0.1) is 11.3 Å². The van der Waals surface area contributed by atoms with E-state index in [1.807, 2.05) is 24.8 Å². The van der Waals surface area contributed by atoms with Crippen LogP contribution in [0.15, 0.2) is 54.0 Å². The first-order chi connectivity index (χ1) is 17.9. The number of thiazole rings is 1. The van der Waals surface area contributed by atoms with Crippen molar-refractivity contribution in [2.75, 3.05) is 13.1 Å². The van der Waals surface area contributed by atoms with Crippen molar-refractivity contribution >= 4 is 23.2 Å². The molecule has 0 spiro atoms. The highest BCUT2D eigenvalue weighted by molar-refractivity contribution is 7.13. The van der Waals surface area contributed by atoms with Crippen LogP contribution >= 0.6 is 11.3 Å². The van der Waals surface area contributed by atoms with E-state index in [1.165, 1.54) is 23.5 Å². The smallest absolute Gasteiger partial charge is 0.272 e. The minimum atomic E-state index is -0.326. The number of carbonyl (C=O) groups excluding carboxylic acids is 2. The van der Waals surface area contributed by atoms with Crippen molar-refractivity contribution in [2.24, 2.45) is 0 Å². The standard InChI is InChI=1S/C27H27FN6O2S/c1-16(2)30-25(35)21-15-37-26(31-21)22-23(17-6-8-19(28)9-7-17)32-33-24(22)18-10-13-34(14-11-18)27(36)20-5-3-4-12-29-20/h3-9,12,15-16,18H,10-11,13-14H2,1-2H3,(H,30,35)(H,32,33). The predicted molar refractivity (Wildman–Crippen MR) is 140 cm³/mol. The van der Waals surface area contributed by atoms with Crippen molar-refractivity contribution in [3.8, 4) is 21.8 Å². The molecule has 8 nitrogen and oxygen atoms in total. The number of halogens is 1. The Balaban J connectivity index is 1.44. The third-order valence-electron chi connectivity index (χ3n) is 6.36. The van der Waals surface area contributed by atoms with Crippen LogP contribution in [0.1, 0.15) is 59.3 Å². The Hall–Kier alpha value is -3.92. The summed E-state index contributed by atoms with van der Waals surface area (Å²) in [5, 5.41) is 13.1. The number of H-pyrrole nitrogens is 1. The second kappa shape index (κ2) is 10.6. The van der Waals surface area contributed by atoms with Gasteiger partial charge in [-0.2, -0.15) is 5.10 Å². The number of pyridine rings is 1. The highest BCUT2D eigenvalue weighted by Gasteiger charge is 2.30. The molecule has 1 aliphatic heterocycles. The molecule has 0 bridgehead atoms. The Morgan fingerprint density at radius 1 is 1.11 bits per heavy atom. The summed E-state index contributed by atoms with van der Waals surface area (Å²) in [6.07, 6.45) is 3.10. The second-order valence-corrected chi connectivity index (χ2v) is 10.2. The number of hydrogen-bond donors (Lipinski definition) is 2. The average molecular weight is 519 g/mol. The quantitative estimate of drug-likeness (QED) is 0.378. The fourth-order valence-electron chi connectivity index (χ4n) is 4.54. The molecule has 3 aromatic heterocycles. The van der Waals surface area contributed by atoms with E-state index in [-0.39, 0.29) is 29.6 Å². The Morgan fingerprint density at radius 3 is 2.54 bits per heavy atom. The van der Waals surface area contributed by atoms with Gasteiger partial charge >= 0.3 is 0 Å². The summed E-state index contributed by atoms with van der Waals surface area (Å²) >= 11 is 1.38. The predicted octanol–water partition coefficient (Wildman–Crippen LogP) is 4.89. The number of carbonyl (C=O) groups is 2. The van der Waals surface area contributed by atoms with Crippen molar-refractivity contribution in [1.82, 2.24) is 30.4 Å². The molecule has 190 valence electrons. The minimum Gasteiger partial charge on any atom is -0.349 e. The largest absolute Gasteiger partial charge is 0.349 e. The fraction of sp³-hybridized carbons (Fsp3) is 0.296. The first kappa shape index (κ1) is 24.8. The molecule has 10 heteroatoms. The summed E-state index contributed by atoms with van der Waals surface area (Å²) in [6.45, 7) is 4.97. The van der Waals surface area contributed by atoms with E-state index in [2.05, 4.69) is 25.5 Å². The van der Waals surface area contributed by atoms with Gasteiger partial charge in [0.1, 0.15) is 27.9 Å². The van der Waals surface area contributed by atoms with E-state index in [0.29, 0.717) is 35.2 Å². The van der Waals surface area contributed by atoms with Crippen LogP contribution in [-0.4, -0.2) is 56.0 Å². The lowest BCUT2D eigenvalue weighted by Gasteiger charge is -2.31. The van der Waals surface area contributed by atoms with Crippen LogP contribution < -0.4 is 5.32 Å². The van der Waals surface area contributed by atoms with E-state index >= 15 is 0 Å². The number of nitrogens with one attached hydrogen (secondary N) is 2. The Morgan fingerprint density at radius 2 is 1.86 bits per heavy atom. The van der Waals surface area contributed by atoms with Crippen molar-refractivity contribution in [1.29, 1.82) is 0 Å². The van der Waals surface area contributed by atoms with Gasteiger partial charge in [0.05, 0.1) is 5.56 Å². The van der Waals surface area contributed by atoms with Gasteiger partial charge < -0.3 is 10.2 Å². The molecule has 0 aliphatic carbocycles. The highest BCUT2D eigenvalue weighted by atomic mass is 32.1. The zero-order chi connectivity index (χ0) is 25.9. The molecule has 1 aromatic carbocycles. The van der Waals surface area contributed by atoms with Gasteiger partial charge in [-0.25, -0.2) is 9.37 Å². The molecule has 4 heterocycles. The molecule has 0 unspecified atom stereocenters. The lowest BCUT2D eigenvalue weighted by Crippen LogP contribution is -2.38. The average Bonchev–Trinajstić information content (AvgIpc) is 3.57. The lowest BCUT2D eigenvalue weighted by atomic mass is 9.90. The molecular formula is C27H27FN6O2S. The molecule has 4 aromatic rings. The van der Waals surface area contributed by atoms with Crippen molar-refractivity contribution in [3.63, 3.8) is 0 Å². The number of likely N-dealkylation sites (tertiary alicyclic amines) is 1. The maximum Gasteiger partial charge on any atom is 0.272 e. The van der Waals surface area contributed by atoms with Gasteiger partial charge in [0.25, 0.3) is 11.8 Å². The van der Waals surface area contributed by atoms with Gasteiger partial charge in [0, 0.05) is 47.9 Å². The summed E-state index contributed by atoms with van der Waals surface area (Å²) in [5.74, 6) is -0.516. The molecule has 1 fully saturated rings. The van der Waals surface area contributed by atoms with Crippen molar-refractivity contribution in [3.05, 3.63) is 76.9 Å². The van der Waals surface area contributed by atoms with Crippen LogP contribution in [0.4, 0.5) is 4.39 Å². The molecule has 1 aliphatic rings. The number of aromatic nitrogens is 4. The Kier molecular flexibility index (Phi) is 7.09. The maximum atomic E-state index is 13.6. The van der Waals surface area contributed by atoms with Gasteiger partial charge in [0.2, 0.25) is 0 Å². The molecular weight excluding hydrogens is 491 g/mol. The number of nitrogens with zero attached hydrogens (tertiary/aromatic N) is 4. The van der Waals surface area contributed by atoms with E-state index in [1.54, 1.807) is 35.8 Å². The summed E-state index contributed by atoms with van der Waals surface area (Å²) < 4.78 is 13.6. The molecule has 37 heavy (non-hydrogen) atoms. The first-order valence-corrected chi connectivity index (χ1v) is 13.1. The van der Waals surface area contributed by atoms with Crippen LogP contribution in [0.5, 0.6) is 0 Å². The fourth-order valence-corrected chi connectivity index (χ4v) is 5.39. The van der Waals surface area contributed by atoms with Crippen LogP contribution in [0, 0.1) is 5.82 Å². The van der Waals surface area contributed by atoms with E-state index in [9.17, 15) is 14.0 Å². The zero-order valence-electron chi connectivity index (χ0n) is 20.6. The van der Waals surface area contributed by atoms with Gasteiger partial charge in [-0.05, 0) is 63.1 Å². The third kappa shape index (κ3) is 5.29. The molecule has 2 amide bonds. The molecule has 5 rings (SSSR count). The van der Waals surface area contributed by atoms with Crippen LogP contribution in [-0.2, 0) is 0 Å². The summed E-state index contributed by atoms with van der Waals surface area (Å²) in [7, 11) is 0. The monoisotopic (exact) mass is 518 g/mol. The molecule has 0 radical (unpaired) electrons. The van der Waals surface area contributed by atoms with Crippen molar-refractivity contribution in [2.45, 2.75) is 38.6 Å². The highest BCUT2D eigenvalue weighted by Crippen LogP contribution is 2.41. The number of hydrogen-bond acceptors (Lipinski definition) is 6. The van der Waals surface area contributed by atoms with E-state index in [0.717, 1.165) is 29.7 Å². The minimum absolute atomic E-state index is 0.00380. The summed E-state index contributed by atoms with van der Waals surface area (Å²) in [4.78, 5) is 36.1. The number of aromatic amines is 1. The van der Waals surface area contributed by atoms with Gasteiger partial charge in [0.15, 0.2) is 0 Å². The third-order valence-corrected chi connectivity index (χ3v) is 7.22. The van der Waals surface area contributed by atoms with Crippen LogP contribution in [0.3, 0.4) is 0 Å². The van der Waals surface area contributed by atoms with Crippen molar-refractivity contribution < 1.29 is 14.0 Å². The number of amides is 2. The van der Waals surface area contributed by atoms with Gasteiger partial charge in [-0.3, -0.25) is 19.7 Å². The van der Waals surface area contributed by atoms with Gasteiger partial charge in [-0.1, -0.05) is 6.07 Å². The zero-order valence-corrected chi connectivity index (χ0v) is 21.4. The first-order valence-electron chi connectivity index (χ1n) is 12.2. The Labute approximate surface area is 218 Å². The second-order valence-electron chi connectivity index (χ2n) is 9.32. The summed E-state index contributed by atoms with van der Waals surface area (Å²) in [6, 6.07) is 11.5. The van der Waals surface area contributed by atoms with E-state index in [4.69, 9.17) is 0 Å². The molecule has 0 saturated carbocycles. The maximum absolute atomic E-state index is 13.6. The Bertz CT molecular complexity index is 1390. The number of rotatable bonds is 6.